The zero-order valence-corrected chi connectivity index (χ0v) is 14.7. The number of likely N-dealkylation sites (N-methyl/N-ethyl adjacent to an activating group) is 1. The minimum Gasteiger partial charge on any atom is -0.358 e. The Morgan fingerprint density at radius 2 is 2.04 bits per heavy atom. The van der Waals surface area contributed by atoms with E-state index in [-0.39, 0.29) is 17.4 Å². The fourth-order valence-corrected chi connectivity index (χ4v) is 2.97. The van der Waals surface area contributed by atoms with E-state index in [1.54, 1.807) is 7.05 Å². The van der Waals surface area contributed by atoms with E-state index in [0.29, 0.717) is 31.2 Å². The third-order valence-corrected chi connectivity index (χ3v) is 4.35. The minimum absolute atomic E-state index is 0.0176. The average Bonchev–Trinajstić information content (AvgIpc) is 3.02. The van der Waals surface area contributed by atoms with Crippen molar-refractivity contribution in [3.8, 4) is 0 Å². The van der Waals surface area contributed by atoms with E-state index in [9.17, 15) is 4.79 Å². The largest absolute Gasteiger partial charge is 0.358 e. The molecule has 0 radical (unpaired) electrons. The first kappa shape index (κ1) is 16.6. The number of hydrogen-bond acceptors (Lipinski definition) is 5. The molecule has 6 heteroatoms. The molecule has 2 heterocycles. The Morgan fingerprint density at radius 1 is 1.33 bits per heavy atom. The van der Waals surface area contributed by atoms with Crippen molar-refractivity contribution in [2.75, 3.05) is 7.05 Å². The lowest BCUT2D eigenvalue weighted by atomic mass is 9.93. The van der Waals surface area contributed by atoms with E-state index in [2.05, 4.69) is 32.5 Å². The summed E-state index contributed by atoms with van der Waals surface area (Å²) in [6.45, 7) is 7.30. The maximum atomic E-state index is 12.3. The molecule has 1 aromatic carbocycles. The third kappa shape index (κ3) is 3.33. The standard InChI is InChI=1S/C18H24N4O2/c1-18(2,3)17-20-15(21-24-17)11-22-10-13-8-6-5-7-12(13)9-14(22)16(23)19-4/h5-8,14H,9-11H2,1-4H3,(H,19,23)/t14-/m0/s1. The molecule has 1 aliphatic heterocycles. The normalized spacial score (nSPS) is 18.2. The van der Waals surface area contributed by atoms with Crippen LogP contribution in [-0.4, -0.2) is 34.0 Å². The van der Waals surface area contributed by atoms with Gasteiger partial charge in [-0.1, -0.05) is 50.2 Å². The lowest BCUT2D eigenvalue weighted by Crippen LogP contribution is -2.49. The summed E-state index contributed by atoms with van der Waals surface area (Å²) in [4.78, 5) is 18.9. The summed E-state index contributed by atoms with van der Waals surface area (Å²) >= 11 is 0. The number of amides is 1. The fourth-order valence-electron chi connectivity index (χ4n) is 2.97. The van der Waals surface area contributed by atoms with Crippen molar-refractivity contribution in [2.45, 2.75) is 51.7 Å². The fraction of sp³-hybridized carbons (Fsp3) is 0.500. The molecular weight excluding hydrogens is 304 g/mol. The van der Waals surface area contributed by atoms with Gasteiger partial charge in [0.1, 0.15) is 0 Å². The van der Waals surface area contributed by atoms with Crippen LogP contribution in [0.4, 0.5) is 0 Å². The molecule has 128 valence electrons. The molecule has 0 fully saturated rings. The molecule has 1 atom stereocenters. The SMILES string of the molecule is CNC(=O)[C@@H]1Cc2ccccc2CN1Cc1noc(C(C)(C)C)n1. The molecule has 0 bridgehead atoms. The Morgan fingerprint density at radius 3 is 2.67 bits per heavy atom. The highest BCUT2D eigenvalue weighted by molar-refractivity contribution is 5.82. The number of fused-ring (bicyclic) bond motifs is 1. The van der Waals surface area contributed by atoms with E-state index in [4.69, 9.17) is 4.52 Å². The summed E-state index contributed by atoms with van der Waals surface area (Å²) in [7, 11) is 1.67. The van der Waals surface area contributed by atoms with E-state index >= 15 is 0 Å². The van der Waals surface area contributed by atoms with Gasteiger partial charge in [-0.15, -0.1) is 0 Å². The van der Waals surface area contributed by atoms with Crippen molar-refractivity contribution in [3.63, 3.8) is 0 Å². The maximum Gasteiger partial charge on any atom is 0.237 e. The van der Waals surface area contributed by atoms with Crippen molar-refractivity contribution >= 4 is 5.91 Å². The van der Waals surface area contributed by atoms with Crippen LogP contribution in [0.2, 0.25) is 0 Å². The van der Waals surface area contributed by atoms with Crippen molar-refractivity contribution in [2.24, 2.45) is 0 Å². The minimum atomic E-state index is -0.221. The maximum absolute atomic E-state index is 12.3. The number of carbonyl (C=O) groups is 1. The van der Waals surface area contributed by atoms with E-state index < -0.39 is 0 Å². The van der Waals surface area contributed by atoms with Gasteiger partial charge < -0.3 is 9.84 Å². The van der Waals surface area contributed by atoms with Crippen LogP contribution >= 0.6 is 0 Å². The van der Waals surface area contributed by atoms with Crippen molar-refractivity contribution in [1.82, 2.24) is 20.4 Å². The number of carbonyl (C=O) groups excluding carboxylic acids is 1. The van der Waals surface area contributed by atoms with E-state index in [1.165, 1.54) is 11.1 Å². The molecule has 3 rings (SSSR count). The van der Waals surface area contributed by atoms with Crippen LogP contribution in [0.1, 0.15) is 43.6 Å². The number of benzene rings is 1. The van der Waals surface area contributed by atoms with Gasteiger partial charge in [-0.25, -0.2) is 0 Å². The van der Waals surface area contributed by atoms with Crippen LogP contribution in [-0.2, 0) is 29.7 Å². The van der Waals surface area contributed by atoms with Crippen molar-refractivity contribution < 1.29 is 9.32 Å². The predicted octanol–water partition coefficient (Wildman–Crippen LogP) is 2.04. The molecule has 1 amide bonds. The van der Waals surface area contributed by atoms with Gasteiger partial charge >= 0.3 is 0 Å². The summed E-state index contributed by atoms with van der Waals surface area (Å²) in [5, 5.41) is 6.86. The van der Waals surface area contributed by atoms with Gasteiger partial charge in [-0.05, 0) is 17.5 Å². The molecule has 0 saturated carbocycles. The molecule has 0 aliphatic carbocycles. The number of aromatic nitrogens is 2. The molecule has 6 nitrogen and oxygen atoms in total. The Bertz CT molecular complexity index is 733. The molecule has 24 heavy (non-hydrogen) atoms. The summed E-state index contributed by atoms with van der Waals surface area (Å²) in [6.07, 6.45) is 0.694. The molecule has 1 aromatic heterocycles. The number of hydrogen-bond donors (Lipinski definition) is 1. The highest BCUT2D eigenvalue weighted by Crippen LogP contribution is 2.25. The van der Waals surface area contributed by atoms with Gasteiger partial charge in [-0.2, -0.15) is 4.98 Å². The van der Waals surface area contributed by atoms with E-state index in [0.717, 1.165) is 0 Å². The molecule has 2 aromatic rings. The number of nitrogens with one attached hydrogen (secondary N) is 1. The Hall–Kier alpha value is -2.21. The van der Waals surface area contributed by atoms with Gasteiger partial charge in [0.25, 0.3) is 0 Å². The molecule has 0 unspecified atom stereocenters. The first-order valence-electron chi connectivity index (χ1n) is 8.24. The van der Waals surface area contributed by atoms with Crippen LogP contribution in [0.5, 0.6) is 0 Å². The smallest absolute Gasteiger partial charge is 0.237 e. The van der Waals surface area contributed by atoms with Gasteiger partial charge in [0.15, 0.2) is 5.82 Å². The molecular formula is C18H24N4O2. The Balaban J connectivity index is 1.84. The van der Waals surface area contributed by atoms with Crippen LogP contribution < -0.4 is 5.32 Å². The predicted molar refractivity (Wildman–Crippen MR) is 90.2 cm³/mol. The highest BCUT2D eigenvalue weighted by Gasteiger charge is 2.32. The highest BCUT2D eigenvalue weighted by atomic mass is 16.5. The van der Waals surface area contributed by atoms with Crippen LogP contribution in [0.15, 0.2) is 28.8 Å². The second-order valence-electron chi connectivity index (χ2n) is 7.27. The first-order chi connectivity index (χ1) is 11.4. The molecule has 1 aliphatic rings. The summed E-state index contributed by atoms with van der Waals surface area (Å²) in [5.41, 5.74) is 2.29. The molecule has 0 saturated heterocycles. The van der Waals surface area contributed by atoms with Crippen molar-refractivity contribution in [3.05, 3.63) is 47.1 Å². The lowest BCUT2D eigenvalue weighted by molar-refractivity contribution is -0.126. The Kier molecular flexibility index (Phi) is 4.41. The summed E-state index contributed by atoms with van der Waals surface area (Å²) in [5.74, 6) is 1.25. The Labute approximate surface area is 142 Å². The zero-order valence-electron chi connectivity index (χ0n) is 14.7. The van der Waals surface area contributed by atoms with Gasteiger partial charge in [0.05, 0.1) is 12.6 Å². The molecule has 1 N–H and O–H groups in total. The van der Waals surface area contributed by atoms with Crippen LogP contribution in [0, 0.1) is 0 Å². The van der Waals surface area contributed by atoms with Crippen LogP contribution in [0.3, 0.4) is 0 Å². The van der Waals surface area contributed by atoms with Crippen LogP contribution in [0.25, 0.3) is 0 Å². The lowest BCUT2D eigenvalue weighted by Gasteiger charge is -2.34. The topological polar surface area (TPSA) is 71.3 Å². The van der Waals surface area contributed by atoms with Gasteiger partial charge in [-0.3, -0.25) is 9.69 Å². The monoisotopic (exact) mass is 328 g/mol. The third-order valence-electron chi connectivity index (χ3n) is 4.35. The van der Waals surface area contributed by atoms with Gasteiger partial charge in [0.2, 0.25) is 11.8 Å². The molecule has 0 spiro atoms. The summed E-state index contributed by atoms with van der Waals surface area (Å²) in [6, 6.07) is 8.03. The number of rotatable bonds is 3. The van der Waals surface area contributed by atoms with E-state index in [1.807, 2.05) is 32.9 Å². The zero-order chi connectivity index (χ0) is 17.3. The van der Waals surface area contributed by atoms with Gasteiger partial charge in [0, 0.05) is 19.0 Å². The first-order valence-corrected chi connectivity index (χ1v) is 8.24. The quantitative estimate of drug-likeness (QED) is 0.933. The average molecular weight is 328 g/mol. The van der Waals surface area contributed by atoms with Crippen molar-refractivity contribution in [1.29, 1.82) is 0 Å². The number of nitrogens with zero attached hydrogens (tertiary/aromatic N) is 3. The second kappa shape index (κ2) is 6.36. The summed E-state index contributed by atoms with van der Waals surface area (Å²) < 4.78 is 5.37. The second-order valence-corrected chi connectivity index (χ2v) is 7.27.